The van der Waals surface area contributed by atoms with Gasteiger partial charge in [-0.15, -0.1) is 0 Å². The number of anilines is 1. The van der Waals surface area contributed by atoms with Crippen LogP contribution in [0.2, 0.25) is 5.02 Å². The van der Waals surface area contributed by atoms with Crippen molar-refractivity contribution in [2.45, 2.75) is 25.9 Å². The van der Waals surface area contributed by atoms with Crippen LogP contribution in [0.15, 0.2) is 36.4 Å². The van der Waals surface area contributed by atoms with E-state index in [0.29, 0.717) is 36.2 Å². The molecule has 3 aromatic rings. The highest BCUT2D eigenvalue weighted by atomic mass is 35.5. The van der Waals surface area contributed by atoms with Crippen molar-refractivity contribution < 1.29 is 18.7 Å². The smallest absolute Gasteiger partial charge is 0.261 e. The van der Waals surface area contributed by atoms with Crippen LogP contribution in [-0.2, 0) is 4.74 Å². The predicted molar refractivity (Wildman–Crippen MR) is 113 cm³/mol. The van der Waals surface area contributed by atoms with Gasteiger partial charge in [0.05, 0.1) is 34.5 Å². The summed E-state index contributed by atoms with van der Waals surface area (Å²) in [6.07, 6.45) is 1.76. The third kappa shape index (κ3) is 4.22. The molecule has 8 heteroatoms. The molecule has 1 aromatic heterocycles. The van der Waals surface area contributed by atoms with Gasteiger partial charge in [-0.05, 0) is 50.1 Å². The van der Waals surface area contributed by atoms with Crippen molar-refractivity contribution in [2.24, 2.45) is 0 Å². The second-order valence-electron chi connectivity index (χ2n) is 6.71. The van der Waals surface area contributed by atoms with Gasteiger partial charge < -0.3 is 9.47 Å². The second kappa shape index (κ2) is 8.65. The first-order chi connectivity index (χ1) is 14.1. The van der Waals surface area contributed by atoms with Crippen molar-refractivity contribution in [2.75, 3.05) is 24.7 Å². The number of nitrogens with zero attached hydrogens (tertiary/aromatic N) is 2. The Hall–Kier alpha value is -2.22. The first-order valence-corrected chi connectivity index (χ1v) is 10.7. The largest absolute Gasteiger partial charge is 0.492 e. The van der Waals surface area contributed by atoms with Crippen LogP contribution < -0.4 is 9.64 Å². The maximum atomic E-state index is 13.5. The van der Waals surface area contributed by atoms with Gasteiger partial charge in [0.1, 0.15) is 17.1 Å². The number of amides is 1. The van der Waals surface area contributed by atoms with Gasteiger partial charge in [-0.2, -0.15) is 0 Å². The molecule has 29 heavy (non-hydrogen) atoms. The number of aromatic nitrogens is 1. The fraction of sp³-hybridized carbons (Fsp3) is 0.333. The fourth-order valence-electron chi connectivity index (χ4n) is 3.35. The highest BCUT2D eigenvalue weighted by Gasteiger charge is 2.28. The quantitative estimate of drug-likeness (QED) is 0.527. The number of carbonyl (C=O) groups is 1. The number of halogens is 2. The zero-order chi connectivity index (χ0) is 20.4. The highest BCUT2D eigenvalue weighted by Crippen LogP contribution is 2.36. The number of ether oxygens (including phenoxy) is 2. The van der Waals surface area contributed by atoms with Gasteiger partial charge in [-0.25, -0.2) is 9.37 Å². The van der Waals surface area contributed by atoms with Crippen LogP contribution in [0, 0.1) is 5.82 Å². The van der Waals surface area contributed by atoms with E-state index < -0.39 is 5.82 Å². The summed E-state index contributed by atoms with van der Waals surface area (Å²) in [5.41, 5.74) is 0.944. The number of para-hydroxylation sites is 1. The van der Waals surface area contributed by atoms with Crippen molar-refractivity contribution in [1.29, 1.82) is 0 Å². The molecule has 0 bridgehead atoms. The van der Waals surface area contributed by atoms with Crippen LogP contribution in [0.5, 0.6) is 5.75 Å². The molecule has 0 aliphatic carbocycles. The molecule has 1 aliphatic rings. The molecule has 4 rings (SSSR count). The van der Waals surface area contributed by atoms with E-state index in [2.05, 4.69) is 0 Å². The van der Waals surface area contributed by atoms with Crippen molar-refractivity contribution in [3.63, 3.8) is 0 Å². The molecule has 1 atom stereocenters. The maximum absolute atomic E-state index is 13.5. The lowest BCUT2D eigenvalue weighted by Crippen LogP contribution is -2.37. The summed E-state index contributed by atoms with van der Waals surface area (Å²) in [7, 11) is 0. The molecular weight excluding hydrogens is 415 g/mol. The standard InChI is InChI=1S/C21H20ClFN2O3S/c1-2-27-17-6-3-7-18-19(17)24-21(29-18)25(12-14-5-4-10-28-14)20(26)15-9-8-13(23)11-16(15)22/h3,6-9,11,14H,2,4-5,10,12H2,1H3. The minimum Gasteiger partial charge on any atom is -0.492 e. The third-order valence-electron chi connectivity index (χ3n) is 4.72. The lowest BCUT2D eigenvalue weighted by atomic mass is 10.1. The molecule has 2 heterocycles. The van der Waals surface area contributed by atoms with Crippen LogP contribution >= 0.6 is 22.9 Å². The summed E-state index contributed by atoms with van der Waals surface area (Å²) in [5.74, 6) is -0.141. The van der Waals surface area contributed by atoms with Gasteiger partial charge in [0.25, 0.3) is 5.91 Å². The number of rotatable bonds is 6. The molecule has 1 aliphatic heterocycles. The van der Waals surface area contributed by atoms with E-state index in [1.165, 1.54) is 23.5 Å². The van der Waals surface area contributed by atoms with Gasteiger partial charge >= 0.3 is 0 Å². The summed E-state index contributed by atoms with van der Waals surface area (Å²) in [5, 5.41) is 0.608. The zero-order valence-corrected chi connectivity index (χ0v) is 17.4. The summed E-state index contributed by atoms with van der Waals surface area (Å²) in [4.78, 5) is 19.6. The number of hydrogen-bond acceptors (Lipinski definition) is 5. The van der Waals surface area contributed by atoms with E-state index in [4.69, 9.17) is 26.1 Å². The van der Waals surface area contributed by atoms with E-state index >= 15 is 0 Å². The monoisotopic (exact) mass is 434 g/mol. The molecule has 1 unspecified atom stereocenters. The Morgan fingerprint density at radius 3 is 3.00 bits per heavy atom. The SMILES string of the molecule is CCOc1cccc2sc(N(CC3CCCO3)C(=O)c3ccc(F)cc3Cl)nc12. The molecule has 1 saturated heterocycles. The lowest BCUT2D eigenvalue weighted by molar-refractivity contribution is 0.0917. The molecule has 0 radical (unpaired) electrons. The van der Waals surface area contributed by atoms with Gasteiger partial charge in [0.2, 0.25) is 0 Å². The number of carbonyl (C=O) groups excluding carboxylic acids is 1. The number of thiazole rings is 1. The maximum Gasteiger partial charge on any atom is 0.261 e. The molecule has 1 amide bonds. The van der Waals surface area contributed by atoms with Gasteiger partial charge in [0, 0.05) is 6.61 Å². The van der Waals surface area contributed by atoms with E-state index in [1.807, 2.05) is 25.1 Å². The highest BCUT2D eigenvalue weighted by molar-refractivity contribution is 7.22. The van der Waals surface area contributed by atoms with Gasteiger partial charge in [-0.1, -0.05) is 29.0 Å². The number of hydrogen-bond donors (Lipinski definition) is 0. The topological polar surface area (TPSA) is 51.7 Å². The summed E-state index contributed by atoms with van der Waals surface area (Å²) >= 11 is 7.56. The molecular formula is C21H20ClFN2O3S. The first-order valence-electron chi connectivity index (χ1n) is 9.47. The van der Waals surface area contributed by atoms with Crippen LogP contribution in [0.25, 0.3) is 10.2 Å². The number of fused-ring (bicyclic) bond motifs is 1. The molecule has 0 spiro atoms. The average Bonchev–Trinajstić information content (AvgIpc) is 3.36. The minimum absolute atomic E-state index is 0.0726. The van der Waals surface area contributed by atoms with E-state index in [9.17, 15) is 9.18 Å². The van der Waals surface area contributed by atoms with Crippen LogP contribution in [0.3, 0.4) is 0 Å². The average molecular weight is 435 g/mol. The molecule has 2 aromatic carbocycles. The molecule has 0 saturated carbocycles. The van der Waals surface area contributed by atoms with Gasteiger partial charge in [0.15, 0.2) is 5.13 Å². The van der Waals surface area contributed by atoms with Gasteiger partial charge in [-0.3, -0.25) is 9.69 Å². The predicted octanol–water partition coefficient (Wildman–Crippen LogP) is 5.31. The number of benzene rings is 2. The Bertz CT molecular complexity index is 1040. The summed E-state index contributed by atoms with van der Waals surface area (Å²) in [6.45, 7) is 3.47. The third-order valence-corrected chi connectivity index (χ3v) is 6.07. The Labute approximate surface area is 177 Å². The zero-order valence-electron chi connectivity index (χ0n) is 15.9. The Morgan fingerprint density at radius 2 is 2.28 bits per heavy atom. The van der Waals surface area contributed by atoms with E-state index in [0.717, 1.165) is 23.6 Å². The molecule has 1 fully saturated rings. The first kappa shape index (κ1) is 20.1. The second-order valence-corrected chi connectivity index (χ2v) is 8.12. The summed E-state index contributed by atoms with van der Waals surface area (Å²) < 4.78 is 25.8. The summed E-state index contributed by atoms with van der Waals surface area (Å²) in [6, 6.07) is 9.48. The fourth-order valence-corrected chi connectivity index (χ4v) is 4.59. The molecule has 5 nitrogen and oxygen atoms in total. The lowest BCUT2D eigenvalue weighted by Gasteiger charge is -2.23. The van der Waals surface area contributed by atoms with Crippen molar-refractivity contribution in [3.05, 3.63) is 52.8 Å². The Morgan fingerprint density at radius 1 is 1.41 bits per heavy atom. The Balaban J connectivity index is 1.75. The Kier molecular flexibility index (Phi) is 5.99. The van der Waals surface area contributed by atoms with Crippen molar-refractivity contribution >= 4 is 44.2 Å². The van der Waals surface area contributed by atoms with Crippen LogP contribution in [0.1, 0.15) is 30.1 Å². The van der Waals surface area contributed by atoms with Crippen molar-refractivity contribution in [3.8, 4) is 5.75 Å². The van der Waals surface area contributed by atoms with Crippen LogP contribution in [-0.4, -0.2) is 36.8 Å². The normalized spacial score (nSPS) is 16.3. The van der Waals surface area contributed by atoms with Crippen LogP contribution in [0.4, 0.5) is 9.52 Å². The minimum atomic E-state index is -0.487. The molecule has 0 N–H and O–H groups in total. The van der Waals surface area contributed by atoms with Crippen molar-refractivity contribution in [1.82, 2.24) is 4.98 Å². The van der Waals surface area contributed by atoms with E-state index in [-0.39, 0.29) is 22.6 Å². The molecule has 152 valence electrons. The van der Waals surface area contributed by atoms with E-state index in [1.54, 1.807) is 4.90 Å².